The van der Waals surface area contributed by atoms with Gasteiger partial charge in [0, 0.05) is 30.0 Å². The second kappa shape index (κ2) is 8.14. The largest absolute Gasteiger partial charge is 0.497 e. The number of nitro groups is 2. The summed E-state index contributed by atoms with van der Waals surface area (Å²) in [7, 11) is 1.38. The van der Waals surface area contributed by atoms with Crippen LogP contribution in [0.3, 0.4) is 0 Å². The first kappa shape index (κ1) is 20.5. The maximum Gasteiger partial charge on any atom is 0.350 e. The van der Waals surface area contributed by atoms with Crippen LogP contribution in [0.5, 0.6) is 11.5 Å². The van der Waals surface area contributed by atoms with Crippen LogP contribution in [-0.2, 0) is 0 Å². The van der Waals surface area contributed by atoms with Gasteiger partial charge in [-0.25, -0.2) is 9.78 Å². The molecule has 0 spiro atoms. The number of ether oxygens (including phenoxy) is 2. The van der Waals surface area contributed by atoms with E-state index < -0.39 is 21.5 Å². The number of hydrogen-bond donors (Lipinski definition) is 0. The number of rotatable bonds is 6. The standard InChI is InChI=1S/C21H14N4O7/c1-31-16-7-8-19(25(29)30)17(10-16)21(26)32-15-5-2-13(3-6-15)18-12-23-11-14(24(27)28)4-9-20(23)22-18/h2-12H,1H3. The van der Waals surface area contributed by atoms with Gasteiger partial charge in [-0.15, -0.1) is 0 Å². The van der Waals surface area contributed by atoms with E-state index >= 15 is 0 Å². The normalized spacial score (nSPS) is 10.7. The summed E-state index contributed by atoms with van der Waals surface area (Å²) in [6.45, 7) is 0. The van der Waals surface area contributed by atoms with Crippen molar-refractivity contribution in [2.75, 3.05) is 7.11 Å². The van der Waals surface area contributed by atoms with E-state index in [2.05, 4.69) is 4.98 Å². The molecule has 2 aromatic heterocycles. The van der Waals surface area contributed by atoms with Crippen LogP contribution in [0.1, 0.15) is 10.4 Å². The Kier molecular flexibility index (Phi) is 5.21. The van der Waals surface area contributed by atoms with Gasteiger partial charge in [0.25, 0.3) is 11.4 Å². The van der Waals surface area contributed by atoms with E-state index in [4.69, 9.17) is 9.47 Å². The van der Waals surface area contributed by atoms with Crippen LogP contribution < -0.4 is 9.47 Å². The quantitative estimate of drug-likeness (QED) is 0.192. The summed E-state index contributed by atoms with van der Waals surface area (Å²) in [5, 5.41) is 22.2. The van der Waals surface area contributed by atoms with Gasteiger partial charge in [-0.1, -0.05) is 0 Å². The second-order valence-corrected chi connectivity index (χ2v) is 6.59. The molecule has 0 saturated heterocycles. The number of methoxy groups -OCH3 is 1. The fraction of sp³-hybridized carbons (Fsp3) is 0.0476. The first-order valence-corrected chi connectivity index (χ1v) is 9.14. The zero-order chi connectivity index (χ0) is 22.8. The number of fused-ring (bicyclic) bond motifs is 1. The number of hydrogen-bond acceptors (Lipinski definition) is 8. The third kappa shape index (κ3) is 3.94. The second-order valence-electron chi connectivity index (χ2n) is 6.59. The number of aromatic nitrogens is 2. The van der Waals surface area contributed by atoms with Gasteiger partial charge < -0.3 is 9.47 Å². The number of esters is 1. The topological polar surface area (TPSA) is 139 Å². The summed E-state index contributed by atoms with van der Waals surface area (Å²) >= 11 is 0. The van der Waals surface area contributed by atoms with Gasteiger partial charge in [-0.05, 0) is 36.4 Å². The predicted octanol–water partition coefficient (Wildman–Crippen LogP) is 4.05. The summed E-state index contributed by atoms with van der Waals surface area (Å²) < 4.78 is 11.9. The van der Waals surface area contributed by atoms with Crippen LogP contribution in [-0.4, -0.2) is 32.3 Å². The highest BCUT2D eigenvalue weighted by Gasteiger charge is 2.23. The lowest BCUT2D eigenvalue weighted by atomic mass is 10.1. The van der Waals surface area contributed by atoms with Gasteiger partial charge in [0.1, 0.15) is 22.7 Å². The Morgan fingerprint density at radius 2 is 1.66 bits per heavy atom. The van der Waals surface area contributed by atoms with E-state index in [0.29, 0.717) is 16.9 Å². The van der Waals surface area contributed by atoms with Crippen molar-refractivity contribution in [1.29, 1.82) is 0 Å². The van der Waals surface area contributed by atoms with Crippen molar-refractivity contribution in [2.24, 2.45) is 0 Å². The number of nitro benzene ring substituents is 1. The first-order chi connectivity index (χ1) is 15.4. The molecule has 11 nitrogen and oxygen atoms in total. The molecule has 32 heavy (non-hydrogen) atoms. The highest BCUT2D eigenvalue weighted by atomic mass is 16.6. The molecule has 160 valence electrons. The maximum absolute atomic E-state index is 12.5. The summed E-state index contributed by atoms with van der Waals surface area (Å²) in [6.07, 6.45) is 3.01. The zero-order valence-corrected chi connectivity index (χ0v) is 16.5. The molecule has 0 bridgehead atoms. The Morgan fingerprint density at radius 3 is 2.31 bits per heavy atom. The van der Waals surface area contributed by atoms with Crippen LogP contribution in [0.15, 0.2) is 67.0 Å². The molecule has 4 aromatic rings. The average Bonchev–Trinajstić information content (AvgIpc) is 3.22. The fourth-order valence-electron chi connectivity index (χ4n) is 3.05. The highest BCUT2D eigenvalue weighted by Crippen LogP contribution is 2.27. The number of carbonyl (C=O) groups excluding carboxylic acids is 1. The van der Waals surface area contributed by atoms with Crippen LogP contribution in [0.2, 0.25) is 0 Å². The minimum absolute atomic E-state index is 0.0599. The van der Waals surface area contributed by atoms with Crippen LogP contribution in [0.4, 0.5) is 11.4 Å². The maximum atomic E-state index is 12.5. The molecule has 0 radical (unpaired) electrons. The molecule has 0 aliphatic carbocycles. The van der Waals surface area contributed by atoms with Crippen LogP contribution in [0.25, 0.3) is 16.9 Å². The molecular formula is C21H14N4O7. The Morgan fingerprint density at radius 1 is 0.938 bits per heavy atom. The summed E-state index contributed by atoms with van der Waals surface area (Å²) in [5.41, 5.74) is 1.09. The van der Waals surface area contributed by atoms with Crippen molar-refractivity contribution in [3.63, 3.8) is 0 Å². The Labute approximate surface area is 179 Å². The average molecular weight is 434 g/mol. The molecule has 0 unspecified atom stereocenters. The van der Waals surface area contributed by atoms with Crippen molar-refractivity contribution in [3.8, 4) is 22.8 Å². The van der Waals surface area contributed by atoms with Crippen molar-refractivity contribution in [3.05, 3.63) is 92.8 Å². The minimum atomic E-state index is -0.900. The van der Waals surface area contributed by atoms with Crippen molar-refractivity contribution >= 4 is 23.0 Å². The molecule has 4 rings (SSSR count). The highest BCUT2D eigenvalue weighted by molar-refractivity contribution is 5.95. The van der Waals surface area contributed by atoms with E-state index in [1.54, 1.807) is 28.8 Å². The Hall–Kier alpha value is -4.80. The lowest BCUT2D eigenvalue weighted by Gasteiger charge is -2.07. The van der Waals surface area contributed by atoms with Gasteiger partial charge >= 0.3 is 5.97 Å². The Bertz CT molecular complexity index is 1360. The molecule has 0 atom stereocenters. The Balaban J connectivity index is 1.57. The number of benzene rings is 2. The molecule has 0 fully saturated rings. The monoisotopic (exact) mass is 434 g/mol. The van der Waals surface area contributed by atoms with E-state index in [-0.39, 0.29) is 22.7 Å². The van der Waals surface area contributed by atoms with E-state index in [1.807, 2.05) is 0 Å². The van der Waals surface area contributed by atoms with Gasteiger partial charge in [-0.2, -0.15) is 0 Å². The zero-order valence-electron chi connectivity index (χ0n) is 16.5. The van der Waals surface area contributed by atoms with Crippen molar-refractivity contribution < 1.29 is 24.1 Å². The molecular weight excluding hydrogens is 420 g/mol. The smallest absolute Gasteiger partial charge is 0.350 e. The number of carbonyl (C=O) groups is 1. The fourth-order valence-corrected chi connectivity index (χ4v) is 3.05. The molecule has 0 aliphatic heterocycles. The van der Waals surface area contributed by atoms with Crippen molar-refractivity contribution in [2.45, 2.75) is 0 Å². The molecule has 2 aromatic carbocycles. The minimum Gasteiger partial charge on any atom is -0.497 e. The lowest BCUT2D eigenvalue weighted by molar-refractivity contribution is -0.385. The van der Waals surface area contributed by atoms with Crippen LogP contribution in [0, 0.1) is 20.2 Å². The van der Waals surface area contributed by atoms with Gasteiger partial charge in [0.05, 0.1) is 28.8 Å². The van der Waals surface area contributed by atoms with Crippen molar-refractivity contribution in [1.82, 2.24) is 9.38 Å². The molecule has 11 heteroatoms. The number of pyridine rings is 1. The summed E-state index contributed by atoms with van der Waals surface area (Å²) in [6, 6.07) is 13.0. The first-order valence-electron chi connectivity index (χ1n) is 9.14. The van der Waals surface area contributed by atoms with E-state index in [9.17, 15) is 25.0 Å². The molecule has 2 heterocycles. The molecule has 0 aliphatic rings. The molecule has 0 N–H and O–H groups in total. The van der Waals surface area contributed by atoms with E-state index in [0.717, 1.165) is 0 Å². The van der Waals surface area contributed by atoms with Crippen LogP contribution >= 0.6 is 0 Å². The van der Waals surface area contributed by atoms with Gasteiger partial charge in [0.2, 0.25) is 0 Å². The number of nitrogens with zero attached hydrogens (tertiary/aromatic N) is 4. The third-order valence-corrected chi connectivity index (χ3v) is 4.63. The predicted molar refractivity (Wildman–Crippen MR) is 112 cm³/mol. The van der Waals surface area contributed by atoms with Gasteiger partial charge in [0.15, 0.2) is 0 Å². The summed E-state index contributed by atoms with van der Waals surface area (Å²) in [5.74, 6) is -0.441. The number of imidazole rings is 1. The summed E-state index contributed by atoms with van der Waals surface area (Å²) in [4.78, 5) is 37.9. The third-order valence-electron chi connectivity index (χ3n) is 4.63. The molecule has 0 amide bonds. The molecule has 0 saturated carbocycles. The SMILES string of the molecule is COc1ccc([N+](=O)[O-])c(C(=O)Oc2ccc(-c3cn4cc([N+](=O)[O-])ccc4n3)cc2)c1. The van der Waals surface area contributed by atoms with E-state index in [1.165, 1.54) is 49.7 Å². The lowest BCUT2D eigenvalue weighted by Crippen LogP contribution is -2.11. The van der Waals surface area contributed by atoms with Gasteiger partial charge in [-0.3, -0.25) is 24.6 Å².